The van der Waals surface area contributed by atoms with Crippen LogP contribution in [0.25, 0.3) is 0 Å². The summed E-state index contributed by atoms with van der Waals surface area (Å²) >= 11 is 7.73. The van der Waals surface area contributed by atoms with Crippen LogP contribution in [0.2, 0.25) is 5.02 Å². The largest absolute Gasteiger partial charge is 0.492 e. The van der Waals surface area contributed by atoms with Crippen molar-refractivity contribution in [1.29, 1.82) is 0 Å². The van der Waals surface area contributed by atoms with Crippen molar-refractivity contribution in [1.82, 2.24) is 9.88 Å². The summed E-state index contributed by atoms with van der Waals surface area (Å²) in [6, 6.07) is 5.01. The highest BCUT2D eigenvalue weighted by Crippen LogP contribution is 2.28. The third-order valence-corrected chi connectivity index (χ3v) is 4.17. The van der Waals surface area contributed by atoms with E-state index in [1.165, 1.54) is 0 Å². The molecule has 23 heavy (non-hydrogen) atoms. The molecule has 0 radical (unpaired) electrons. The Kier molecular flexibility index (Phi) is 6.24. The van der Waals surface area contributed by atoms with E-state index in [1.807, 2.05) is 19.2 Å². The molecule has 0 aliphatic carbocycles. The van der Waals surface area contributed by atoms with Gasteiger partial charge in [-0.15, -0.1) is 11.3 Å². The number of ether oxygens (including phenoxy) is 1. The highest BCUT2D eigenvalue weighted by molar-refractivity contribution is 7.09. The standard InChI is InChI=1S/C16H20ClN3O2S/c1-4-7-22-15-6-5-12(8-14(15)17)19-16(21)20(3)9-13-10-23-11(2)18-13/h5-6,8,10H,4,7,9H2,1-3H3,(H,19,21). The molecular weight excluding hydrogens is 334 g/mol. The van der Waals surface area contributed by atoms with Gasteiger partial charge in [0.1, 0.15) is 5.75 Å². The van der Waals surface area contributed by atoms with E-state index in [1.54, 1.807) is 41.5 Å². The first-order valence-corrected chi connectivity index (χ1v) is 8.60. The summed E-state index contributed by atoms with van der Waals surface area (Å²) < 4.78 is 5.51. The summed E-state index contributed by atoms with van der Waals surface area (Å²) in [4.78, 5) is 18.1. The van der Waals surface area contributed by atoms with E-state index in [9.17, 15) is 4.79 Å². The number of aromatic nitrogens is 1. The maximum Gasteiger partial charge on any atom is 0.321 e. The van der Waals surface area contributed by atoms with Gasteiger partial charge in [0.05, 0.1) is 28.9 Å². The second kappa shape index (κ2) is 8.17. The number of hydrogen-bond donors (Lipinski definition) is 1. The molecular formula is C16H20ClN3O2S. The van der Waals surface area contributed by atoms with Gasteiger partial charge in [-0.3, -0.25) is 0 Å². The fraction of sp³-hybridized carbons (Fsp3) is 0.375. The van der Waals surface area contributed by atoms with Gasteiger partial charge in [0, 0.05) is 18.1 Å². The molecule has 1 heterocycles. The Bertz CT molecular complexity index is 675. The number of carbonyl (C=O) groups excluding carboxylic acids is 1. The van der Waals surface area contributed by atoms with Crippen LogP contribution in [-0.2, 0) is 6.54 Å². The van der Waals surface area contributed by atoms with E-state index >= 15 is 0 Å². The summed E-state index contributed by atoms with van der Waals surface area (Å²) in [6.07, 6.45) is 0.912. The van der Waals surface area contributed by atoms with Gasteiger partial charge in [0.2, 0.25) is 0 Å². The minimum Gasteiger partial charge on any atom is -0.492 e. The van der Waals surface area contributed by atoms with Gasteiger partial charge in [-0.25, -0.2) is 9.78 Å². The second-order valence-electron chi connectivity index (χ2n) is 5.14. The number of thiazole rings is 1. The van der Waals surface area contributed by atoms with Crippen LogP contribution < -0.4 is 10.1 Å². The van der Waals surface area contributed by atoms with Crippen molar-refractivity contribution in [2.24, 2.45) is 0 Å². The van der Waals surface area contributed by atoms with E-state index in [2.05, 4.69) is 10.3 Å². The topological polar surface area (TPSA) is 54.5 Å². The highest BCUT2D eigenvalue weighted by atomic mass is 35.5. The van der Waals surface area contributed by atoms with Crippen LogP contribution in [0.1, 0.15) is 24.0 Å². The number of urea groups is 1. The quantitative estimate of drug-likeness (QED) is 0.828. The zero-order valence-electron chi connectivity index (χ0n) is 13.4. The van der Waals surface area contributed by atoms with Crippen LogP contribution in [-0.4, -0.2) is 29.6 Å². The molecule has 0 atom stereocenters. The SMILES string of the molecule is CCCOc1ccc(NC(=O)N(C)Cc2csc(C)n2)cc1Cl. The van der Waals surface area contributed by atoms with Gasteiger partial charge in [0.15, 0.2) is 0 Å². The molecule has 0 bridgehead atoms. The molecule has 1 aromatic carbocycles. The van der Waals surface area contributed by atoms with Crippen LogP contribution in [0.4, 0.5) is 10.5 Å². The Balaban J connectivity index is 1.95. The maximum atomic E-state index is 12.2. The number of amides is 2. The first-order valence-electron chi connectivity index (χ1n) is 7.35. The average molecular weight is 354 g/mol. The molecule has 124 valence electrons. The normalized spacial score (nSPS) is 10.4. The monoisotopic (exact) mass is 353 g/mol. The molecule has 0 spiro atoms. The van der Waals surface area contributed by atoms with E-state index in [4.69, 9.17) is 16.3 Å². The highest BCUT2D eigenvalue weighted by Gasteiger charge is 2.12. The molecule has 0 aliphatic heterocycles. The van der Waals surface area contributed by atoms with Crippen molar-refractivity contribution in [3.63, 3.8) is 0 Å². The lowest BCUT2D eigenvalue weighted by atomic mass is 10.3. The molecule has 0 saturated heterocycles. The van der Waals surface area contributed by atoms with Crippen LogP contribution in [0.3, 0.4) is 0 Å². The lowest BCUT2D eigenvalue weighted by molar-refractivity contribution is 0.220. The smallest absolute Gasteiger partial charge is 0.321 e. The lowest BCUT2D eigenvalue weighted by Crippen LogP contribution is -2.30. The number of halogens is 1. The van der Waals surface area contributed by atoms with Crippen LogP contribution in [0.15, 0.2) is 23.6 Å². The minimum absolute atomic E-state index is 0.214. The molecule has 7 heteroatoms. The molecule has 0 aliphatic rings. The number of aryl methyl sites for hydroxylation is 1. The number of anilines is 1. The summed E-state index contributed by atoms with van der Waals surface area (Å²) in [5, 5.41) is 6.24. The van der Waals surface area contributed by atoms with Gasteiger partial charge < -0.3 is 15.0 Å². The van der Waals surface area contributed by atoms with E-state index in [0.29, 0.717) is 29.6 Å². The molecule has 2 amide bonds. The molecule has 2 rings (SSSR count). The van der Waals surface area contributed by atoms with Gasteiger partial charge in [-0.05, 0) is 31.5 Å². The van der Waals surface area contributed by atoms with Crippen LogP contribution in [0.5, 0.6) is 5.75 Å². The van der Waals surface area contributed by atoms with E-state index < -0.39 is 0 Å². The van der Waals surface area contributed by atoms with E-state index in [-0.39, 0.29) is 6.03 Å². The van der Waals surface area contributed by atoms with E-state index in [0.717, 1.165) is 17.1 Å². The Morgan fingerprint density at radius 2 is 2.26 bits per heavy atom. The fourth-order valence-electron chi connectivity index (χ4n) is 1.92. The van der Waals surface area contributed by atoms with Crippen molar-refractivity contribution in [3.8, 4) is 5.75 Å². The number of hydrogen-bond acceptors (Lipinski definition) is 4. The number of benzene rings is 1. The summed E-state index contributed by atoms with van der Waals surface area (Å²) in [5.74, 6) is 0.623. The molecule has 0 saturated carbocycles. The van der Waals surface area contributed by atoms with Gasteiger partial charge >= 0.3 is 6.03 Å². The second-order valence-corrected chi connectivity index (χ2v) is 6.61. The summed E-state index contributed by atoms with van der Waals surface area (Å²) in [6.45, 7) is 5.05. The van der Waals surface area contributed by atoms with Crippen LogP contribution >= 0.6 is 22.9 Å². The Labute approximate surface area is 145 Å². The third kappa shape index (κ3) is 5.11. The third-order valence-electron chi connectivity index (χ3n) is 3.06. The first kappa shape index (κ1) is 17.6. The first-order chi connectivity index (χ1) is 11.0. The summed E-state index contributed by atoms with van der Waals surface area (Å²) in [7, 11) is 1.73. The van der Waals surface area contributed by atoms with Crippen molar-refractivity contribution in [2.75, 3.05) is 19.0 Å². The predicted octanol–water partition coefficient (Wildman–Crippen LogP) is 4.56. The number of rotatable bonds is 6. The van der Waals surface area contributed by atoms with Crippen molar-refractivity contribution in [3.05, 3.63) is 39.3 Å². The summed E-state index contributed by atoms with van der Waals surface area (Å²) in [5.41, 5.74) is 1.51. The predicted molar refractivity (Wildman–Crippen MR) is 94.6 cm³/mol. The molecule has 0 unspecified atom stereocenters. The number of carbonyl (C=O) groups is 1. The van der Waals surface area contributed by atoms with Gasteiger partial charge in [0.25, 0.3) is 0 Å². The minimum atomic E-state index is -0.214. The van der Waals surface area contributed by atoms with Crippen molar-refractivity contribution in [2.45, 2.75) is 26.8 Å². The van der Waals surface area contributed by atoms with Crippen molar-refractivity contribution < 1.29 is 9.53 Å². The average Bonchev–Trinajstić information content (AvgIpc) is 2.91. The fourth-order valence-corrected chi connectivity index (χ4v) is 2.76. The maximum absolute atomic E-state index is 12.2. The van der Waals surface area contributed by atoms with Gasteiger partial charge in [-0.1, -0.05) is 18.5 Å². The van der Waals surface area contributed by atoms with Gasteiger partial charge in [-0.2, -0.15) is 0 Å². The van der Waals surface area contributed by atoms with Crippen LogP contribution in [0, 0.1) is 6.92 Å². The lowest BCUT2D eigenvalue weighted by Gasteiger charge is -2.17. The zero-order valence-corrected chi connectivity index (χ0v) is 15.0. The Hall–Kier alpha value is -1.79. The van der Waals surface area contributed by atoms with Crippen molar-refractivity contribution >= 4 is 34.7 Å². The molecule has 1 aromatic heterocycles. The molecule has 2 aromatic rings. The molecule has 0 fully saturated rings. The zero-order chi connectivity index (χ0) is 16.8. The molecule has 1 N–H and O–H groups in total. The Morgan fingerprint density at radius 1 is 1.48 bits per heavy atom. The number of nitrogens with zero attached hydrogens (tertiary/aromatic N) is 2. The Morgan fingerprint density at radius 3 is 2.87 bits per heavy atom. The molecule has 5 nitrogen and oxygen atoms in total. The number of nitrogens with one attached hydrogen (secondary N) is 1.